The Balaban J connectivity index is 2.83. The zero-order valence-corrected chi connectivity index (χ0v) is 10.2. The monoisotopic (exact) mass is 251 g/mol. The normalized spacial score (nSPS) is 11.9. The molecule has 96 valence electrons. The van der Waals surface area contributed by atoms with Crippen molar-refractivity contribution in [3.05, 3.63) is 35.4 Å². The van der Waals surface area contributed by atoms with Crippen LogP contribution in [0.3, 0.4) is 0 Å². The van der Waals surface area contributed by atoms with E-state index >= 15 is 0 Å². The van der Waals surface area contributed by atoms with Crippen LogP contribution in [-0.2, 0) is 4.79 Å². The molecule has 0 aromatic heterocycles. The third-order valence-corrected chi connectivity index (χ3v) is 2.75. The molecule has 0 radical (unpaired) electrons. The Bertz CT molecular complexity index is 465. The van der Waals surface area contributed by atoms with Crippen molar-refractivity contribution < 1.29 is 13.6 Å². The van der Waals surface area contributed by atoms with Gasteiger partial charge in [0, 0.05) is 18.1 Å². The van der Waals surface area contributed by atoms with Crippen molar-refractivity contribution in [3.63, 3.8) is 0 Å². The summed E-state index contributed by atoms with van der Waals surface area (Å²) in [5.74, 6) is -3.00. The topological polar surface area (TPSA) is 40.9 Å². The summed E-state index contributed by atoms with van der Waals surface area (Å²) in [6.07, 6.45) is 2.81. The molecule has 0 aliphatic rings. The fourth-order valence-electron chi connectivity index (χ4n) is 1.74. The highest BCUT2D eigenvalue weighted by Crippen LogP contribution is 2.22. The maximum absolute atomic E-state index is 13.5. The molecule has 4 heteroatoms. The number of carbonyl (C=O) groups excluding carboxylic acids is 1. The quantitative estimate of drug-likeness (QED) is 0.723. The number of carbonyl (C=O) groups is 1. The zero-order valence-electron chi connectivity index (χ0n) is 10.2. The van der Waals surface area contributed by atoms with Crippen LogP contribution >= 0.6 is 0 Å². The molecule has 1 aromatic rings. The van der Waals surface area contributed by atoms with E-state index in [1.807, 2.05) is 6.92 Å². The zero-order chi connectivity index (χ0) is 13.5. The van der Waals surface area contributed by atoms with Gasteiger partial charge in [0.1, 0.15) is 17.6 Å². The predicted octanol–water partition coefficient (Wildman–Crippen LogP) is 3.72. The van der Waals surface area contributed by atoms with Crippen LogP contribution in [0, 0.1) is 23.0 Å². The van der Waals surface area contributed by atoms with Gasteiger partial charge >= 0.3 is 0 Å². The number of ketones is 1. The maximum Gasteiger partial charge on any atom is 0.154 e. The van der Waals surface area contributed by atoms with Gasteiger partial charge in [0.2, 0.25) is 0 Å². The predicted molar refractivity (Wildman–Crippen MR) is 63.9 cm³/mol. The van der Waals surface area contributed by atoms with Crippen LogP contribution in [0.25, 0.3) is 0 Å². The molecule has 0 saturated heterocycles. The molecule has 0 saturated carbocycles. The Morgan fingerprint density at radius 2 is 2.11 bits per heavy atom. The third kappa shape index (κ3) is 3.63. The van der Waals surface area contributed by atoms with E-state index < -0.39 is 17.6 Å². The van der Waals surface area contributed by atoms with Gasteiger partial charge < -0.3 is 0 Å². The summed E-state index contributed by atoms with van der Waals surface area (Å²) in [4.78, 5) is 11.8. The second-order valence-electron chi connectivity index (χ2n) is 4.15. The minimum atomic E-state index is -1.14. The van der Waals surface area contributed by atoms with Gasteiger partial charge in [-0.25, -0.2) is 8.78 Å². The summed E-state index contributed by atoms with van der Waals surface area (Å²) in [6, 6.07) is 4.71. The number of halogens is 2. The van der Waals surface area contributed by atoms with Crippen LogP contribution < -0.4 is 0 Å². The Kier molecular flexibility index (Phi) is 5.44. The molecule has 0 aliphatic heterocycles. The molecule has 0 heterocycles. The molecule has 1 unspecified atom stereocenters. The summed E-state index contributed by atoms with van der Waals surface area (Å²) in [5.41, 5.74) is -0.0413. The van der Waals surface area contributed by atoms with Crippen molar-refractivity contribution in [3.8, 4) is 6.07 Å². The lowest BCUT2D eigenvalue weighted by molar-refractivity contribution is -0.119. The first-order chi connectivity index (χ1) is 8.60. The molecule has 18 heavy (non-hydrogen) atoms. The molecular formula is C14H15F2NO. The van der Waals surface area contributed by atoms with E-state index in [0.717, 1.165) is 25.0 Å². The molecule has 1 aromatic carbocycles. The van der Waals surface area contributed by atoms with Gasteiger partial charge in [0.05, 0.1) is 6.07 Å². The van der Waals surface area contributed by atoms with Crippen molar-refractivity contribution in [1.82, 2.24) is 0 Å². The largest absolute Gasteiger partial charge is 0.298 e. The van der Waals surface area contributed by atoms with E-state index in [2.05, 4.69) is 0 Å². The third-order valence-electron chi connectivity index (χ3n) is 2.75. The molecule has 1 rings (SSSR count). The number of hydrogen-bond acceptors (Lipinski definition) is 2. The highest BCUT2D eigenvalue weighted by Gasteiger charge is 2.22. The molecule has 2 nitrogen and oxygen atoms in total. The van der Waals surface area contributed by atoms with Crippen LogP contribution in [0.15, 0.2) is 18.2 Å². The molecule has 1 atom stereocenters. The minimum absolute atomic E-state index is 0.0413. The Morgan fingerprint density at radius 1 is 1.39 bits per heavy atom. The van der Waals surface area contributed by atoms with Gasteiger partial charge in [-0.2, -0.15) is 5.26 Å². The minimum Gasteiger partial charge on any atom is -0.298 e. The Hall–Kier alpha value is -1.76. The molecule has 0 N–H and O–H groups in total. The number of unbranched alkanes of at least 4 members (excludes halogenated alkanes) is 2. The lowest BCUT2D eigenvalue weighted by Crippen LogP contribution is -2.12. The van der Waals surface area contributed by atoms with Crippen LogP contribution in [0.4, 0.5) is 8.78 Å². The Morgan fingerprint density at radius 3 is 2.67 bits per heavy atom. The van der Waals surface area contributed by atoms with Crippen molar-refractivity contribution in [2.45, 2.75) is 38.5 Å². The van der Waals surface area contributed by atoms with Crippen LogP contribution in [0.5, 0.6) is 0 Å². The highest BCUT2D eigenvalue weighted by atomic mass is 19.1. The van der Waals surface area contributed by atoms with Gasteiger partial charge in [-0.05, 0) is 12.5 Å². The van der Waals surface area contributed by atoms with E-state index in [1.165, 1.54) is 0 Å². The summed E-state index contributed by atoms with van der Waals surface area (Å²) in [5, 5.41) is 8.97. The van der Waals surface area contributed by atoms with E-state index in [9.17, 15) is 13.6 Å². The second-order valence-corrected chi connectivity index (χ2v) is 4.15. The number of benzene rings is 1. The maximum atomic E-state index is 13.5. The van der Waals surface area contributed by atoms with Crippen LogP contribution in [0.2, 0.25) is 0 Å². The average molecular weight is 251 g/mol. The second kappa shape index (κ2) is 6.85. The van der Waals surface area contributed by atoms with Gasteiger partial charge in [-0.15, -0.1) is 0 Å². The molecule has 0 fully saturated rings. The Labute approximate surface area is 105 Å². The van der Waals surface area contributed by atoms with E-state index in [0.29, 0.717) is 12.5 Å². The van der Waals surface area contributed by atoms with Gasteiger partial charge in [0.15, 0.2) is 5.78 Å². The first-order valence-corrected chi connectivity index (χ1v) is 5.97. The van der Waals surface area contributed by atoms with E-state index in [-0.39, 0.29) is 17.8 Å². The fraction of sp³-hybridized carbons (Fsp3) is 0.429. The van der Waals surface area contributed by atoms with Crippen LogP contribution in [0.1, 0.15) is 44.1 Å². The van der Waals surface area contributed by atoms with Crippen molar-refractivity contribution >= 4 is 5.78 Å². The molecule has 0 amide bonds. The highest BCUT2D eigenvalue weighted by molar-refractivity contribution is 5.88. The van der Waals surface area contributed by atoms with E-state index in [1.54, 1.807) is 6.07 Å². The summed E-state index contributed by atoms with van der Waals surface area (Å²) >= 11 is 0. The van der Waals surface area contributed by atoms with Crippen molar-refractivity contribution in [2.75, 3.05) is 0 Å². The van der Waals surface area contributed by atoms with Gasteiger partial charge in [-0.1, -0.05) is 25.8 Å². The van der Waals surface area contributed by atoms with Crippen molar-refractivity contribution in [2.24, 2.45) is 0 Å². The summed E-state index contributed by atoms with van der Waals surface area (Å²) < 4.78 is 26.2. The van der Waals surface area contributed by atoms with Gasteiger partial charge in [-0.3, -0.25) is 4.79 Å². The first kappa shape index (κ1) is 14.3. The summed E-state index contributed by atoms with van der Waals surface area (Å²) in [7, 11) is 0. The number of nitriles is 1. The van der Waals surface area contributed by atoms with E-state index in [4.69, 9.17) is 5.26 Å². The first-order valence-electron chi connectivity index (χ1n) is 5.97. The van der Waals surface area contributed by atoms with Crippen LogP contribution in [-0.4, -0.2) is 5.78 Å². The fourth-order valence-corrected chi connectivity index (χ4v) is 1.74. The van der Waals surface area contributed by atoms with Crippen molar-refractivity contribution in [1.29, 1.82) is 5.26 Å². The standard InChI is InChI=1S/C14H15F2NO/c1-2-3-4-5-14(18)12(9-17)11-7-6-10(15)8-13(11)16/h6-8,12H,2-5H2,1H3. The molecule has 0 bridgehead atoms. The number of nitrogens with zero attached hydrogens (tertiary/aromatic N) is 1. The average Bonchev–Trinajstić information content (AvgIpc) is 2.33. The summed E-state index contributed by atoms with van der Waals surface area (Å²) in [6.45, 7) is 2.01. The number of rotatable bonds is 6. The molecule has 0 aliphatic carbocycles. The number of hydrogen-bond donors (Lipinski definition) is 0. The number of Topliss-reactive ketones (excluding diaryl/α,β-unsaturated/α-hetero) is 1. The molecular weight excluding hydrogens is 236 g/mol. The lowest BCUT2D eigenvalue weighted by Gasteiger charge is -2.09. The molecule has 0 spiro atoms. The lowest BCUT2D eigenvalue weighted by atomic mass is 9.92. The van der Waals surface area contributed by atoms with Gasteiger partial charge in [0.25, 0.3) is 0 Å². The SMILES string of the molecule is CCCCCC(=O)C(C#N)c1ccc(F)cc1F. The smallest absolute Gasteiger partial charge is 0.154 e.